The van der Waals surface area contributed by atoms with Crippen LogP contribution in [-0.4, -0.2) is 32.0 Å². The standard InChI is InChI=1S/C22H31N3O3.ClH/c1-28-19-8-7-16(13-18(19)25-20(26)15-5-3-2-4-6-15)24-21(27)17-14-22(17)9-11-23-12-10-22;/h7-8,13,15,17,23H,2-6,9-12,14H2,1H3,(H,24,27)(H,25,26);1H. The van der Waals surface area contributed by atoms with Crippen LogP contribution in [0.1, 0.15) is 51.4 Å². The van der Waals surface area contributed by atoms with Crippen LogP contribution in [0, 0.1) is 17.3 Å². The Balaban J connectivity index is 0.00000240. The Morgan fingerprint density at radius 2 is 1.79 bits per heavy atom. The van der Waals surface area contributed by atoms with Gasteiger partial charge in [-0.05, 0) is 68.8 Å². The summed E-state index contributed by atoms with van der Waals surface area (Å²) >= 11 is 0. The maximum atomic E-state index is 12.7. The van der Waals surface area contributed by atoms with Crippen LogP contribution in [0.5, 0.6) is 5.75 Å². The molecule has 1 spiro atoms. The molecule has 2 saturated carbocycles. The number of piperidine rings is 1. The molecule has 0 aromatic heterocycles. The molecule has 160 valence electrons. The molecule has 1 aromatic carbocycles. The molecule has 3 N–H and O–H groups in total. The van der Waals surface area contributed by atoms with E-state index in [1.165, 1.54) is 6.42 Å². The van der Waals surface area contributed by atoms with Gasteiger partial charge in [0.1, 0.15) is 5.75 Å². The van der Waals surface area contributed by atoms with Gasteiger partial charge in [0, 0.05) is 17.5 Å². The molecule has 1 aliphatic heterocycles. The third kappa shape index (κ3) is 4.86. The minimum Gasteiger partial charge on any atom is -0.495 e. The topological polar surface area (TPSA) is 79.5 Å². The van der Waals surface area contributed by atoms with E-state index in [0.29, 0.717) is 17.1 Å². The predicted molar refractivity (Wildman–Crippen MR) is 117 cm³/mol. The molecule has 1 heterocycles. The predicted octanol–water partition coefficient (Wildman–Crippen LogP) is 3.96. The number of hydrogen-bond donors (Lipinski definition) is 3. The van der Waals surface area contributed by atoms with Crippen LogP contribution in [0.25, 0.3) is 0 Å². The molecule has 2 aliphatic carbocycles. The molecule has 0 bridgehead atoms. The fourth-order valence-corrected chi connectivity index (χ4v) is 4.91. The Bertz CT molecular complexity index is 743. The maximum absolute atomic E-state index is 12.7. The first-order chi connectivity index (χ1) is 13.6. The largest absolute Gasteiger partial charge is 0.495 e. The fourth-order valence-electron chi connectivity index (χ4n) is 4.91. The van der Waals surface area contributed by atoms with E-state index in [9.17, 15) is 9.59 Å². The van der Waals surface area contributed by atoms with Crippen LogP contribution in [-0.2, 0) is 9.59 Å². The highest BCUT2D eigenvalue weighted by Crippen LogP contribution is 2.58. The summed E-state index contributed by atoms with van der Waals surface area (Å²) in [5.74, 6) is 0.942. The molecule has 29 heavy (non-hydrogen) atoms. The van der Waals surface area contributed by atoms with Crippen molar-refractivity contribution >= 4 is 35.6 Å². The van der Waals surface area contributed by atoms with Gasteiger partial charge in [-0.15, -0.1) is 12.4 Å². The zero-order valence-corrected chi connectivity index (χ0v) is 17.9. The normalized spacial score (nSPS) is 23.0. The highest BCUT2D eigenvalue weighted by atomic mass is 35.5. The Labute approximate surface area is 178 Å². The van der Waals surface area contributed by atoms with Crippen LogP contribution in [0.3, 0.4) is 0 Å². The van der Waals surface area contributed by atoms with E-state index in [2.05, 4.69) is 16.0 Å². The summed E-state index contributed by atoms with van der Waals surface area (Å²) in [5.41, 5.74) is 1.55. The second-order valence-electron chi connectivity index (χ2n) is 8.60. The van der Waals surface area contributed by atoms with Crippen molar-refractivity contribution in [2.45, 2.75) is 51.4 Å². The highest BCUT2D eigenvalue weighted by Gasteiger charge is 2.57. The lowest BCUT2D eigenvalue weighted by Crippen LogP contribution is -2.31. The lowest BCUT2D eigenvalue weighted by molar-refractivity contribution is -0.121. The van der Waals surface area contributed by atoms with Crippen LogP contribution < -0.4 is 20.7 Å². The van der Waals surface area contributed by atoms with Crippen molar-refractivity contribution in [2.75, 3.05) is 30.8 Å². The second-order valence-corrected chi connectivity index (χ2v) is 8.60. The van der Waals surface area contributed by atoms with Crippen molar-refractivity contribution in [1.82, 2.24) is 5.32 Å². The van der Waals surface area contributed by atoms with Gasteiger partial charge >= 0.3 is 0 Å². The molecule has 4 rings (SSSR count). The molecular formula is C22H32ClN3O3. The van der Waals surface area contributed by atoms with Crippen LogP contribution >= 0.6 is 12.4 Å². The summed E-state index contributed by atoms with van der Waals surface area (Å²) in [4.78, 5) is 25.4. The average molecular weight is 422 g/mol. The van der Waals surface area contributed by atoms with E-state index in [-0.39, 0.29) is 41.5 Å². The number of benzene rings is 1. The molecule has 1 aromatic rings. The number of halogens is 1. The Morgan fingerprint density at radius 3 is 2.48 bits per heavy atom. The molecule has 6 nitrogen and oxygen atoms in total. The number of carbonyl (C=O) groups is 2. The molecular weight excluding hydrogens is 390 g/mol. The summed E-state index contributed by atoms with van der Waals surface area (Å²) in [6.07, 6.45) is 8.49. The van der Waals surface area contributed by atoms with Gasteiger partial charge in [-0.2, -0.15) is 0 Å². The summed E-state index contributed by atoms with van der Waals surface area (Å²) in [5, 5.41) is 9.45. The zero-order chi connectivity index (χ0) is 19.6. The first kappa shape index (κ1) is 21.9. The van der Waals surface area contributed by atoms with E-state index in [1.54, 1.807) is 13.2 Å². The van der Waals surface area contributed by atoms with E-state index >= 15 is 0 Å². The molecule has 1 atom stereocenters. The van der Waals surface area contributed by atoms with Gasteiger partial charge in [0.05, 0.1) is 12.8 Å². The van der Waals surface area contributed by atoms with Crippen LogP contribution in [0.4, 0.5) is 11.4 Å². The fraction of sp³-hybridized carbons (Fsp3) is 0.636. The quantitative estimate of drug-likeness (QED) is 0.672. The van der Waals surface area contributed by atoms with Crippen molar-refractivity contribution in [2.24, 2.45) is 17.3 Å². The van der Waals surface area contributed by atoms with Crippen LogP contribution in [0.2, 0.25) is 0 Å². The van der Waals surface area contributed by atoms with Gasteiger partial charge in [0.25, 0.3) is 0 Å². The van der Waals surface area contributed by atoms with Crippen molar-refractivity contribution in [1.29, 1.82) is 0 Å². The Morgan fingerprint density at radius 1 is 1.07 bits per heavy atom. The van der Waals surface area contributed by atoms with Gasteiger partial charge in [0.2, 0.25) is 11.8 Å². The molecule has 7 heteroatoms. The maximum Gasteiger partial charge on any atom is 0.228 e. The van der Waals surface area contributed by atoms with Gasteiger partial charge in [-0.25, -0.2) is 0 Å². The monoisotopic (exact) mass is 421 g/mol. The van der Waals surface area contributed by atoms with Crippen molar-refractivity contribution in [3.05, 3.63) is 18.2 Å². The van der Waals surface area contributed by atoms with E-state index in [1.807, 2.05) is 12.1 Å². The number of nitrogens with one attached hydrogen (secondary N) is 3. The number of hydrogen-bond acceptors (Lipinski definition) is 4. The molecule has 0 radical (unpaired) electrons. The van der Waals surface area contributed by atoms with Gasteiger partial charge in [-0.3, -0.25) is 9.59 Å². The average Bonchev–Trinajstić information content (AvgIpc) is 3.42. The molecule has 1 unspecified atom stereocenters. The van der Waals surface area contributed by atoms with E-state index in [4.69, 9.17) is 4.74 Å². The number of carbonyl (C=O) groups excluding carboxylic acids is 2. The summed E-state index contributed by atoms with van der Waals surface area (Å²) in [6.45, 7) is 2.01. The SMILES string of the molecule is COc1ccc(NC(=O)C2CC23CCNCC3)cc1NC(=O)C1CCCCC1.Cl. The molecule has 1 saturated heterocycles. The minimum atomic E-state index is 0. The third-order valence-electron chi connectivity index (χ3n) is 6.81. The van der Waals surface area contributed by atoms with E-state index < -0.39 is 0 Å². The smallest absolute Gasteiger partial charge is 0.228 e. The van der Waals surface area contributed by atoms with Gasteiger partial charge < -0.3 is 20.7 Å². The molecule has 3 fully saturated rings. The molecule has 3 aliphatic rings. The summed E-state index contributed by atoms with van der Waals surface area (Å²) in [6, 6.07) is 5.46. The first-order valence-corrected chi connectivity index (χ1v) is 10.6. The lowest BCUT2D eigenvalue weighted by Gasteiger charge is -2.23. The number of amides is 2. The molecule has 2 amide bonds. The minimum absolute atomic E-state index is 0. The van der Waals surface area contributed by atoms with Gasteiger partial charge in [0.15, 0.2) is 0 Å². The number of ether oxygens (including phenoxy) is 1. The van der Waals surface area contributed by atoms with Crippen molar-refractivity contribution in [3.63, 3.8) is 0 Å². The van der Waals surface area contributed by atoms with Crippen molar-refractivity contribution < 1.29 is 14.3 Å². The third-order valence-corrected chi connectivity index (χ3v) is 6.81. The Kier molecular flexibility index (Phi) is 7.06. The van der Waals surface area contributed by atoms with Gasteiger partial charge in [-0.1, -0.05) is 19.3 Å². The zero-order valence-electron chi connectivity index (χ0n) is 17.1. The lowest BCUT2D eigenvalue weighted by atomic mass is 9.88. The highest BCUT2D eigenvalue weighted by molar-refractivity contribution is 5.98. The van der Waals surface area contributed by atoms with Crippen LogP contribution in [0.15, 0.2) is 18.2 Å². The van der Waals surface area contributed by atoms with E-state index in [0.717, 1.165) is 58.0 Å². The summed E-state index contributed by atoms with van der Waals surface area (Å²) in [7, 11) is 1.59. The number of methoxy groups -OCH3 is 1. The first-order valence-electron chi connectivity index (χ1n) is 10.6. The number of rotatable bonds is 5. The number of anilines is 2. The second kappa shape index (κ2) is 9.35. The summed E-state index contributed by atoms with van der Waals surface area (Å²) < 4.78 is 5.41. The Hall–Kier alpha value is -1.79. The van der Waals surface area contributed by atoms with Crippen molar-refractivity contribution in [3.8, 4) is 5.75 Å².